The average Bonchev–Trinajstić information content (AvgIpc) is 2.62. The van der Waals surface area contributed by atoms with Crippen LogP contribution in [0.25, 0.3) is 0 Å². The summed E-state index contributed by atoms with van der Waals surface area (Å²) in [5.41, 5.74) is 0. The summed E-state index contributed by atoms with van der Waals surface area (Å²) in [6, 6.07) is 1.88. The summed E-state index contributed by atoms with van der Waals surface area (Å²) in [5, 5.41) is 17.4. The Labute approximate surface area is 96.1 Å². The fourth-order valence-corrected chi connectivity index (χ4v) is 2.06. The first kappa shape index (κ1) is 11.6. The first-order valence-corrected chi connectivity index (χ1v) is 5.93. The van der Waals surface area contributed by atoms with E-state index in [0.717, 1.165) is 39.1 Å². The van der Waals surface area contributed by atoms with E-state index in [0.29, 0.717) is 6.54 Å². The number of aliphatic hydroxyl groups is 1. The Kier molecular flexibility index (Phi) is 4.33. The van der Waals surface area contributed by atoms with E-state index in [1.165, 1.54) is 0 Å². The molecular formula is C11H20N4O. The van der Waals surface area contributed by atoms with E-state index in [-0.39, 0.29) is 6.10 Å². The molecule has 1 aromatic rings. The monoisotopic (exact) mass is 224 g/mol. The van der Waals surface area contributed by atoms with Crippen molar-refractivity contribution < 1.29 is 5.11 Å². The molecular weight excluding hydrogens is 204 g/mol. The zero-order valence-corrected chi connectivity index (χ0v) is 9.55. The highest BCUT2D eigenvalue weighted by molar-refractivity contribution is 4.79. The van der Waals surface area contributed by atoms with Crippen LogP contribution in [0.15, 0.2) is 18.5 Å². The molecule has 0 amide bonds. The van der Waals surface area contributed by atoms with Crippen LogP contribution in [-0.4, -0.2) is 58.6 Å². The summed E-state index contributed by atoms with van der Waals surface area (Å²) in [5.74, 6) is 0. The van der Waals surface area contributed by atoms with Gasteiger partial charge in [0.25, 0.3) is 0 Å². The number of hydrogen-bond acceptors (Lipinski definition) is 4. The largest absolute Gasteiger partial charge is 0.390 e. The molecule has 0 unspecified atom stereocenters. The SMILES string of the molecule is O[C@@H](CN1CCCNCC1)Cn1cccn1. The third kappa shape index (κ3) is 3.59. The van der Waals surface area contributed by atoms with Gasteiger partial charge in [0.05, 0.1) is 12.6 Å². The van der Waals surface area contributed by atoms with E-state index in [1.54, 1.807) is 10.9 Å². The highest BCUT2D eigenvalue weighted by Gasteiger charge is 2.13. The lowest BCUT2D eigenvalue weighted by Gasteiger charge is -2.22. The van der Waals surface area contributed by atoms with Crippen LogP contribution in [0.1, 0.15) is 6.42 Å². The fraction of sp³-hybridized carbons (Fsp3) is 0.727. The van der Waals surface area contributed by atoms with Crippen LogP contribution < -0.4 is 5.32 Å². The third-order valence-corrected chi connectivity index (χ3v) is 2.86. The van der Waals surface area contributed by atoms with Crippen molar-refractivity contribution in [1.82, 2.24) is 20.0 Å². The Morgan fingerprint density at radius 2 is 2.25 bits per heavy atom. The predicted octanol–water partition coefficient (Wildman–Crippen LogP) is -0.461. The molecule has 1 fully saturated rings. The van der Waals surface area contributed by atoms with Crippen molar-refractivity contribution in [2.24, 2.45) is 0 Å². The Morgan fingerprint density at radius 3 is 3.06 bits per heavy atom. The summed E-state index contributed by atoms with van der Waals surface area (Å²) < 4.78 is 1.78. The summed E-state index contributed by atoms with van der Waals surface area (Å²) in [4.78, 5) is 2.31. The number of nitrogens with zero attached hydrogens (tertiary/aromatic N) is 3. The van der Waals surface area contributed by atoms with Gasteiger partial charge in [0, 0.05) is 32.0 Å². The highest BCUT2D eigenvalue weighted by atomic mass is 16.3. The van der Waals surface area contributed by atoms with Gasteiger partial charge in [-0.15, -0.1) is 0 Å². The van der Waals surface area contributed by atoms with Crippen LogP contribution in [0, 0.1) is 0 Å². The fourth-order valence-electron chi connectivity index (χ4n) is 2.06. The number of aromatic nitrogens is 2. The molecule has 2 N–H and O–H groups in total. The van der Waals surface area contributed by atoms with Crippen LogP contribution >= 0.6 is 0 Å². The molecule has 5 nitrogen and oxygen atoms in total. The highest BCUT2D eigenvalue weighted by Crippen LogP contribution is 1.99. The zero-order valence-electron chi connectivity index (χ0n) is 9.55. The van der Waals surface area contributed by atoms with E-state index in [4.69, 9.17) is 0 Å². The Bertz CT molecular complexity index is 280. The molecule has 0 bridgehead atoms. The quantitative estimate of drug-likeness (QED) is 0.726. The molecule has 16 heavy (non-hydrogen) atoms. The van der Waals surface area contributed by atoms with E-state index < -0.39 is 0 Å². The van der Waals surface area contributed by atoms with Crippen molar-refractivity contribution in [2.45, 2.75) is 19.1 Å². The van der Waals surface area contributed by atoms with Crippen LogP contribution in [0.5, 0.6) is 0 Å². The van der Waals surface area contributed by atoms with Crippen molar-refractivity contribution in [1.29, 1.82) is 0 Å². The third-order valence-electron chi connectivity index (χ3n) is 2.86. The van der Waals surface area contributed by atoms with Crippen molar-refractivity contribution in [3.05, 3.63) is 18.5 Å². The van der Waals surface area contributed by atoms with Gasteiger partial charge < -0.3 is 10.4 Å². The standard InChI is InChI=1S/C11H20N4O/c16-11(10-15-7-2-4-13-15)9-14-6-1-3-12-5-8-14/h2,4,7,11-12,16H,1,3,5-6,8-10H2/t11-/m0/s1. The molecule has 5 heteroatoms. The summed E-state index contributed by atoms with van der Waals surface area (Å²) in [6.45, 7) is 5.53. The lowest BCUT2D eigenvalue weighted by Crippen LogP contribution is -2.37. The van der Waals surface area contributed by atoms with Crippen molar-refractivity contribution in [3.8, 4) is 0 Å². The molecule has 0 aliphatic carbocycles. The maximum absolute atomic E-state index is 9.94. The van der Waals surface area contributed by atoms with Gasteiger partial charge in [-0.2, -0.15) is 5.10 Å². The van der Waals surface area contributed by atoms with Crippen LogP contribution in [0.3, 0.4) is 0 Å². The zero-order chi connectivity index (χ0) is 11.2. The van der Waals surface area contributed by atoms with Gasteiger partial charge in [0.15, 0.2) is 0 Å². The molecule has 0 spiro atoms. The Morgan fingerprint density at radius 1 is 1.31 bits per heavy atom. The second-order valence-electron chi connectivity index (χ2n) is 4.29. The van der Waals surface area contributed by atoms with E-state index >= 15 is 0 Å². The second-order valence-corrected chi connectivity index (χ2v) is 4.29. The van der Waals surface area contributed by atoms with Crippen LogP contribution in [0.4, 0.5) is 0 Å². The topological polar surface area (TPSA) is 53.3 Å². The minimum atomic E-state index is -0.335. The minimum Gasteiger partial charge on any atom is -0.390 e. The van der Waals surface area contributed by atoms with E-state index in [9.17, 15) is 5.11 Å². The molecule has 1 saturated heterocycles. The molecule has 0 aromatic carbocycles. The van der Waals surface area contributed by atoms with Crippen LogP contribution in [0.2, 0.25) is 0 Å². The minimum absolute atomic E-state index is 0.335. The Balaban J connectivity index is 1.75. The molecule has 0 radical (unpaired) electrons. The number of nitrogens with one attached hydrogen (secondary N) is 1. The van der Waals surface area contributed by atoms with Crippen molar-refractivity contribution in [3.63, 3.8) is 0 Å². The summed E-state index contributed by atoms with van der Waals surface area (Å²) in [7, 11) is 0. The first-order chi connectivity index (χ1) is 7.84. The number of aliphatic hydroxyl groups excluding tert-OH is 1. The van der Waals surface area contributed by atoms with Crippen molar-refractivity contribution in [2.75, 3.05) is 32.7 Å². The van der Waals surface area contributed by atoms with Gasteiger partial charge in [-0.1, -0.05) is 0 Å². The maximum Gasteiger partial charge on any atom is 0.0862 e. The molecule has 0 saturated carbocycles. The van der Waals surface area contributed by atoms with Gasteiger partial charge in [0.2, 0.25) is 0 Å². The molecule has 1 aliphatic heterocycles. The smallest absolute Gasteiger partial charge is 0.0862 e. The second kappa shape index (κ2) is 5.98. The van der Waals surface area contributed by atoms with Gasteiger partial charge in [0.1, 0.15) is 0 Å². The van der Waals surface area contributed by atoms with Crippen LogP contribution in [-0.2, 0) is 6.54 Å². The number of hydrogen-bond donors (Lipinski definition) is 2. The molecule has 1 aliphatic rings. The molecule has 1 aromatic heterocycles. The van der Waals surface area contributed by atoms with Gasteiger partial charge in [-0.25, -0.2) is 0 Å². The van der Waals surface area contributed by atoms with Crippen molar-refractivity contribution >= 4 is 0 Å². The summed E-state index contributed by atoms with van der Waals surface area (Å²) >= 11 is 0. The number of β-amino-alcohol motifs (C(OH)–C–C–N with tert-alkyl or cyclic N) is 1. The van der Waals surface area contributed by atoms with Gasteiger partial charge in [-0.05, 0) is 25.6 Å². The van der Waals surface area contributed by atoms with Gasteiger partial charge in [-0.3, -0.25) is 9.58 Å². The number of rotatable bonds is 4. The normalized spacial score (nSPS) is 20.6. The Hall–Kier alpha value is -0.910. The predicted molar refractivity (Wildman–Crippen MR) is 62.2 cm³/mol. The molecule has 2 rings (SSSR count). The lowest BCUT2D eigenvalue weighted by atomic mass is 10.3. The van der Waals surface area contributed by atoms with Gasteiger partial charge >= 0.3 is 0 Å². The molecule has 90 valence electrons. The molecule has 2 heterocycles. The van der Waals surface area contributed by atoms with E-state index in [1.807, 2.05) is 12.3 Å². The van der Waals surface area contributed by atoms with E-state index in [2.05, 4.69) is 15.3 Å². The molecule has 1 atom stereocenters. The lowest BCUT2D eigenvalue weighted by molar-refractivity contribution is 0.0979. The summed E-state index contributed by atoms with van der Waals surface area (Å²) in [6.07, 6.45) is 4.45. The average molecular weight is 224 g/mol. The maximum atomic E-state index is 9.94. The first-order valence-electron chi connectivity index (χ1n) is 5.93.